The lowest BCUT2D eigenvalue weighted by Gasteiger charge is -2.21. The van der Waals surface area contributed by atoms with Crippen molar-refractivity contribution in [2.24, 2.45) is 0 Å². The molecule has 1 unspecified atom stereocenters. The van der Waals surface area contributed by atoms with Crippen LogP contribution in [-0.2, 0) is 0 Å². The Bertz CT molecular complexity index is 321. The maximum atomic E-state index is 5.03. The first-order valence-corrected chi connectivity index (χ1v) is 5.60. The molecule has 0 spiro atoms. The summed E-state index contributed by atoms with van der Waals surface area (Å²) in [7, 11) is 3.63. The fraction of sp³-hybridized carbons (Fsp3) is 0.636. The molecule has 2 rings (SSSR count). The minimum absolute atomic E-state index is 0.565. The van der Waals surface area contributed by atoms with Gasteiger partial charge in [-0.2, -0.15) is 0 Å². The number of nitrogens with one attached hydrogen (secondary N) is 1. The molecule has 1 aromatic heterocycles. The second kappa shape index (κ2) is 5.12. The summed E-state index contributed by atoms with van der Waals surface area (Å²) in [6, 6.07) is 0.565. The van der Waals surface area contributed by atoms with Crippen LogP contribution in [0, 0.1) is 0 Å². The standard InChI is InChI=1S/C11H18N4O/c1-15(8-9-4-3-5-12-9)11-13-6-10(16-2)7-14-11/h6-7,9,12H,3-5,8H2,1-2H3. The summed E-state index contributed by atoms with van der Waals surface area (Å²) in [5, 5.41) is 3.46. The molecule has 0 amide bonds. The SMILES string of the molecule is COc1cnc(N(C)CC2CCCN2)nc1. The molecule has 0 aromatic carbocycles. The van der Waals surface area contributed by atoms with E-state index in [4.69, 9.17) is 4.74 Å². The zero-order valence-corrected chi connectivity index (χ0v) is 9.81. The summed E-state index contributed by atoms with van der Waals surface area (Å²) >= 11 is 0. The molecule has 1 saturated heterocycles. The summed E-state index contributed by atoms with van der Waals surface area (Å²) in [5.74, 6) is 1.44. The van der Waals surface area contributed by atoms with Crippen molar-refractivity contribution < 1.29 is 4.74 Å². The van der Waals surface area contributed by atoms with Crippen LogP contribution in [0.15, 0.2) is 12.4 Å². The molecule has 1 fully saturated rings. The van der Waals surface area contributed by atoms with Crippen LogP contribution in [0.1, 0.15) is 12.8 Å². The van der Waals surface area contributed by atoms with Crippen molar-refractivity contribution in [3.63, 3.8) is 0 Å². The molecule has 1 aliphatic rings. The maximum Gasteiger partial charge on any atom is 0.225 e. The highest BCUT2D eigenvalue weighted by Crippen LogP contribution is 2.12. The Morgan fingerprint density at radius 2 is 2.25 bits per heavy atom. The molecule has 2 heterocycles. The van der Waals surface area contributed by atoms with E-state index in [1.165, 1.54) is 12.8 Å². The van der Waals surface area contributed by atoms with E-state index >= 15 is 0 Å². The van der Waals surface area contributed by atoms with Crippen molar-refractivity contribution in [1.82, 2.24) is 15.3 Å². The third kappa shape index (κ3) is 2.61. The first-order chi connectivity index (χ1) is 7.79. The molecule has 5 heteroatoms. The Morgan fingerprint density at radius 3 is 2.81 bits per heavy atom. The van der Waals surface area contributed by atoms with E-state index in [1.54, 1.807) is 19.5 Å². The van der Waals surface area contributed by atoms with Gasteiger partial charge in [0.05, 0.1) is 19.5 Å². The van der Waals surface area contributed by atoms with E-state index in [0.717, 1.165) is 19.0 Å². The number of hydrogen-bond donors (Lipinski definition) is 1. The molecule has 16 heavy (non-hydrogen) atoms. The van der Waals surface area contributed by atoms with Crippen LogP contribution in [0.2, 0.25) is 0 Å². The summed E-state index contributed by atoms with van der Waals surface area (Å²) in [6.07, 6.45) is 5.89. The van der Waals surface area contributed by atoms with Gasteiger partial charge in [-0.3, -0.25) is 0 Å². The first kappa shape index (κ1) is 11.1. The van der Waals surface area contributed by atoms with Gasteiger partial charge in [-0.1, -0.05) is 0 Å². The predicted octanol–water partition coefficient (Wildman–Crippen LogP) is 0.673. The molecule has 5 nitrogen and oxygen atoms in total. The topological polar surface area (TPSA) is 50.3 Å². The molecular weight excluding hydrogens is 204 g/mol. The number of ether oxygens (including phenoxy) is 1. The van der Waals surface area contributed by atoms with Crippen LogP contribution >= 0.6 is 0 Å². The number of nitrogens with zero attached hydrogens (tertiary/aromatic N) is 3. The van der Waals surface area contributed by atoms with Gasteiger partial charge in [-0.25, -0.2) is 9.97 Å². The fourth-order valence-corrected chi connectivity index (χ4v) is 1.94. The zero-order chi connectivity index (χ0) is 11.4. The summed E-state index contributed by atoms with van der Waals surface area (Å²) < 4.78 is 5.03. The fourth-order valence-electron chi connectivity index (χ4n) is 1.94. The van der Waals surface area contributed by atoms with E-state index in [0.29, 0.717) is 11.8 Å². The quantitative estimate of drug-likeness (QED) is 0.811. The van der Waals surface area contributed by atoms with E-state index in [-0.39, 0.29) is 0 Å². The van der Waals surface area contributed by atoms with Crippen molar-refractivity contribution in [3.05, 3.63) is 12.4 Å². The molecule has 0 radical (unpaired) electrons. The van der Waals surface area contributed by atoms with Gasteiger partial charge in [0.25, 0.3) is 0 Å². The molecule has 1 aromatic rings. The van der Waals surface area contributed by atoms with Crippen LogP contribution in [0.5, 0.6) is 5.75 Å². The Kier molecular flexibility index (Phi) is 3.56. The smallest absolute Gasteiger partial charge is 0.225 e. The third-order valence-electron chi connectivity index (χ3n) is 2.85. The molecule has 1 aliphatic heterocycles. The van der Waals surface area contributed by atoms with E-state index in [2.05, 4.69) is 20.2 Å². The molecule has 88 valence electrons. The van der Waals surface area contributed by atoms with Crippen LogP contribution in [0.25, 0.3) is 0 Å². The third-order valence-corrected chi connectivity index (χ3v) is 2.85. The highest BCUT2D eigenvalue weighted by Gasteiger charge is 2.17. The van der Waals surface area contributed by atoms with Crippen molar-refractivity contribution in [1.29, 1.82) is 0 Å². The lowest BCUT2D eigenvalue weighted by Crippen LogP contribution is -2.36. The molecule has 0 aliphatic carbocycles. The number of likely N-dealkylation sites (N-methyl/N-ethyl adjacent to an activating group) is 1. The Morgan fingerprint density at radius 1 is 1.50 bits per heavy atom. The lowest BCUT2D eigenvalue weighted by molar-refractivity contribution is 0.410. The molecule has 0 bridgehead atoms. The van der Waals surface area contributed by atoms with E-state index in [9.17, 15) is 0 Å². The van der Waals surface area contributed by atoms with Crippen LogP contribution in [0.4, 0.5) is 5.95 Å². The maximum absolute atomic E-state index is 5.03. The van der Waals surface area contributed by atoms with E-state index < -0.39 is 0 Å². The van der Waals surface area contributed by atoms with Gasteiger partial charge >= 0.3 is 0 Å². The number of rotatable bonds is 4. The molecule has 1 atom stereocenters. The normalized spacial score (nSPS) is 19.8. The lowest BCUT2D eigenvalue weighted by atomic mass is 10.2. The zero-order valence-electron chi connectivity index (χ0n) is 9.81. The van der Waals surface area contributed by atoms with Gasteiger partial charge in [0.1, 0.15) is 0 Å². The summed E-state index contributed by atoms with van der Waals surface area (Å²) in [4.78, 5) is 10.6. The van der Waals surface area contributed by atoms with Crippen LogP contribution < -0.4 is 15.0 Å². The van der Waals surface area contributed by atoms with E-state index in [1.807, 2.05) is 7.05 Å². The Balaban J connectivity index is 1.94. The molecule has 0 saturated carbocycles. The number of aromatic nitrogens is 2. The Labute approximate surface area is 95.8 Å². The number of hydrogen-bond acceptors (Lipinski definition) is 5. The van der Waals surface area contributed by atoms with Gasteiger partial charge in [0, 0.05) is 19.6 Å². The average Bonchev–Trinajstić information content (AvgIpc) is 2.82. The van der Waals surface area contributed by atoms with Crippen molar-refractivity contribution >= 4 is 5.95 Å². The minimum Gasteiger partial charge on any atom is -0.494 e. The molecular formula is C11H18N4O. The number of methoxy groups -OCH3 is 1. The monoisotopic (exact) mass is 222 g/mol. The first-order valence-electron chi connectivity index (χ1n) is 5.60. The van der Waals surface area contributed by atoms with Gasteiger partial charge in [-0.15, -0.1) is 0 Å². The highest BCUT2D eigenvalue weighted by molar-refractivity contribution is 5.30. The minimum atomic E-state index is 0.565. The van der Waals surface area contributed by atoms with Gasteiger partial charge in [0.2, 0.25) is 5.95 Å². The Hall–Kier alpha value is -1.36. The summed E-state index contributed by atoms with van der Waals surface area (Å²) in [6.45, 7) is 2.08. The number of anilines is 1. The molecule has 1 N–H and O–H groups in total. The van der Waals surface area contributed by atoms with Gasteiger partial charge in [0.15, 0.2) is 5.75 Å². The van der Waals surface area contributed by atoms with Crippen LogP contribution in [0.3, 0.4) is 0 Å². The van der Waals surface area contributed by atoms with Crippen molar-refractivity contribution in [2.75, 3.05) is 32.1 Å². The summed E-state index contributed by atoms with van der Waals surface area (Å²) in [5.41, 5.74) is 0. The largest absolute Gasteiger partial charge is 0.494 e. The van der Waals surface area contributed by atoms with Gasteiger partial charge in [-0.05, 0) is 19.4 Å². The second-order valence-corrected chi connectivity index (χ2v) is 4.10. The predicted molar refractivity (Wildman–Crippen MR) is 62.9 cm³/mol. The average molecular weight is 222 g/mol. The highest BCUT2D eigenvalue weighted by atomic mass is 16.5. The second-order valence-electron chi connectivity index (χ2n) is 4.10. The van der Waals surface area contributed by atoms with Crippen LogP contribution in [-0.4, -0.2) is 43.3 Å². The van der Waals surface area contributed by atoms with Gasteiger partial charge < -0.3 is 15.0 Å². The van der Waals surface area contributed by atoms with Crippen molar-refractivity contribution in [2.45, 2.75) is 18.9 Å². The van der Waals surface area contributed by atoms with Crippen molar-refractivity contribution in [3.8, 4) is 5.75 Å².